The van der Waals surface area contributed by atoms with Gasteiger partial charge in [-0.1, -0.05) is 19.0 Å². The summed E-state index contributed by atoms with van der Waals surface area (Å²) in [6, 6.07) is 0.593. The van der Waals surface area contributed by atoms with Gasteiger partial charge in [-0.3, -0.25) is 9.89 Å². The van der Waals surface area contributed by atoms with Crippen molar-refractivity contribution < 1.29 is 9.26 Å². The number of guanidine groups is 1. The fourth-order valence-electron chi connectivity index (χ4n) is 3.29. The zero-order chi connectivity index (χ0) is 18.2. The monoisotopic (exact) mass is 352 g/mol. The molecule has 1 aliphatic heterocycles. The first-order chi connectivity index (χ1) is 12.1. The van der Waals surface area contributed by atoms with Crippen molar-refractivity contribution in [2.45, 2.75) is 52.8 Å². The van der Waals surface area contributed by atoms with Gasteiger partial charge in [0.05, 0.1) is 6.54 Å². The topological polar surface area (TPSA) is 79.0 Å². The van der Waals surface area contributed by atoms with E-state index in [4.69, 9.17) is 9.26 Å². The average Bonchev–Trinajstić information content (AvgIpc) is 3.27. The van der Waals surface area contributed by atoms with Gasteiger partial charge < -0.3 is 19.5 Å². The van der Waals surface area contributed by atoms with Crippen molar-refractivity contribution >= 4 is 5.96 Å². The van der Waals surface area contributed by atoms with Gasteiger partial charge in [-0.2, -0.15) is 4.98 Å². The molecule has 2 heterocycles. The number of rotatable bonds is 8. The lowest BCUT2D eigenvalue weighted by Gasteiger charge is -2.27. The number of nitrogens with one attached hydrogen (secondary N) is 1. The highest BCUT2D eigenvalue weighted by Gasteiger charge is 2.28. The van der Waals surface area contributed by atoms with E-state index in [1.165, 1.54) is 6.42 Å². The van der Waals surface area contributed by atoms with Gasteiger partial charge in [-0.05, 0) is 33.4 Å². The van der Waals surface area contributed by atoms with Crippen LogP contribution in [0.15, 0.2) is 9.52 Å². The number of ether oxygens (including phenoxy) is 1. The third-order valence-electron chi connectivity index (χ3n) is 4.67. The lowest BCUT2D eigenvalue weighted by molar-refractivity contribution is 0.0683. The van der Waals surface area contributed by atoms with Gasteiger partial charge in [0.25, 0.3) is 0 Å². The van der Waals surface area contributed by atoms with E-state index in [0.29, 0.717) is 30.9 Å². The van der Waals surface area contributed by atoms with Crippen LogP contribution < -0.4 is 5.32 Å². The fraction of sp³-hybridized carbons (Fsp3) is 0.824. The van der Waals surface area contributed by atoms with Crippen molar-refractivity contribution in [1.82, 2.24) is 25.3 Å². The molecule has 0 saturated carbocycles. The molecule has 1 fully saturated rings. The molecule has 1 saturated heterocycles. The summed E-state index contributed by atoms with van der Waals surface area (Å²) in [5.74, 6) is 2.01. The maximum absolute atomic E-state index is 5.48. The predicted molar refractivity (Wildman–Crippen MR) is 97.4 cm³/mol. The average molecular weight is 352 g/mol. The molecule has 1 N–H and O–H groups in total. The van der Waals surface area contributed by atoms with E-state index in [1.54, 1.807) is 0 Å². The van der Waals surface area contributed by atoms with Crippen molar-refractivity contribution in [3.63, 3.8) is 0 Å². The summed E-state index contributed by atoms with van der Waals surface area (Å²) < 4.78 is 10.8. The molecule has 2 unspecified atom stereocenters. The summed E-state index contributed by atoms with van der Waals surface area (Å²) in [4.78, 5) is 13.6. The van der Waals surface area contributed by atoms with Crippen LogP contribution in [0.25, 0.3) is 0 Å². The predicted octanol–water partition coefficient (Wildman–Crippen LogP) is 1.66. The molecule has 0 spiro atoms. The molecule has 2 rings (SSSR count). The molecule has 8 heteroatoms. The van der Waals surface area contributed by atoms with E-state index in [1.807, 2.05) is 20.9 Å². The van der Waals surface area contributed by atoms with Gasteiger partial charge in [-0.15, -0.1) is 0 Å². The number of nitrogens with zero attached hydrogens (tertiary/aromatic N) is 5. The first-order valence-electron chi connectivity index (χ1n) is 9.26. The minimum Gasteiger partial charge on any atom is -0.371 e. The Morgan fingerprint density at radius 3 is 2.84 bits per heavy atom. The van der Waals surface area contributed by atoms with Gasteiger partial charge in [0.15, 0.2) is 11.8 Å². The Hall–Kier alpha value is -1.67. The molecule has 0 aromatic carbocycles. The van der Waals surface area contributed by atoms with E-state index in [2.05, 4.69) is 44.1 Å². The third-order valence-corrected chi connectivity index (χ3v) is 4.67. The van der Waals surface area contributed by atoms with Gasteiger partial charge >= 0.3 is 0 Å². The number of hydrogen-bond acceptors (Lipinski definition) is 6. The second kappa shape index (κ2) is 9.72. The Morgan fingerprint density at radius 2 is 2.20 bits per heavy atom. The summed E-state index contributed by atoms with van der Waals surface area (Å²) in [5, 5.41) is 7.31. The van der Waals surface area contributed by atoms with Crippen LogP contribution in [-0.4, -0.2) is 71.8 Å². The van der Waals surface area contributed by atoms with Gasteiger partial charge in [0.2, 0.25) is 5.89 Å². The van der Waals surface area contributed by atoms with Crippen LogP contribution in [0.5, 0.6) is 0 Å². The van der Waals surface area contributed by atoms with Crippen LogP contribution in [0.2, 0.25) is 0 Å². The standard InChI is InChI=1S/C17H32N6O2/c1-6-22(7-2)14-9-10-23(12-14)17(18-5)19-11-15-20-16(21-25-15)13(4)24-8-3/h13-14H,6-12H2,1-5H3,(H,18,19). The van der Waals surface area contributed by atoms with Crippen molar-refractivity contribution in [3.8, 4) is 0 Å². The number of hydrogen-bond donors (Lipinski definition) is 1. The number of likely N-dealkylation sites (N-methyl/N-ethyl adjacent to an activating group) is 1. The van der Waals surface area contributed by atoms with Crippen molar-refractivity contribution in [2.75, 3.05) is 39.8 Å². The Labute approximate surface area is 150 Å². The first kappa shape index (κ1) is 19.7. The molecule has 25 heavy (non-hydrogen) atoms. The second-order valence-electron chi connectivity index (χ2n) is 6.15. The molecule has 1 aliphatic rings. The zero-order valence-electron chi connectivity index (χ0n) is 16.2. The summed E-state index contributed by atoms with van der Waals surface area (Å²) >= 11 is 0. The van der Waals surface area contributed by atoms with Crippen LogP contribution in [0.3, 0.4) is 0 Å². The number of likely N-dealkylation sites (tertiary alicyclic amines) is 1. The number of aromatic nitrogens is 2. The number of aliphatic imine (C=N–C) groups is 1. The third kappa shape index (κ3) is 5.15. The minimum atomic E-state index is -0.157. The van der Waals surface area contributed by atoms with Crippen LogP contribution >= 0.6 is 0 Å². The van der Waals surface area contributed by atoms with Crippen LogP contribution in [-0.2, 0) is 11.3 Å². The second-order valence-corrected chi connectivity index (χ2v) is 6.15. The quantitative estimate of drug-likeness (QED) is 0.563. The molecular formula is C17H32N6O2. The maximum Gasteiger partial charge on any atom is 0.246 e. The smallest absolute Gasteiger partial charge is 0.246 e. The Bertz CT molecular complexity index is 543. The summed E-state index contributed by atoms with van der Waals surface area (Å²) in [7, 11) is 1.81. The summed E-state index contributed by atoms with van der Waals surface area (Å²) in [6.07, 6.45) is 1.01. The Balaban J connectivity index is 1.87. The highest BCUT2D eigenvalue weighted by molar-refractivity contribution is 5.80. The van der Waals surface area contributed by atoms with Crippen molar-refractivity contribution in [2.24, 2.45) is 4.99 Å². The summed E-state index contributed by atoms with van der Waals surface area (Å²) in [6.45, 7) is 13.6. The zero-order valence-corrected chi connectivity index (χ0v) is 16.2. The van der Waals surface area contributed by atoms with E-state index >= 15 is 0 Å². The first-order valence-corrected chi connectivity index (χ1v) is 9.26. The highest BCUT2D eigenvalue weighted by atomic mass is 16.5. The Kier molecular flexibility index (Phi) is 7.64. The lowest BCUT2D eigenvalue weighted by Crippen LogP contribution is -2.43. The maximum atomic E-state index is 5.48. The lowest BCUT2D eigenvalue weighted by atomic mass is 10.2. The van der Waals surface area contributed by atoms with Gasteiger partial charge in [0, 0.05) is 32.8 Å². The molecule has 1 aromatic heterocycles. The molecule has 0 radical (unpaired) electrons. The molecule has 8 nitrogen and oxygen atoms in total. The molecule has 0 bridgehead atoms. The van der Waals surface area contributed by atoms with E-state index < -0.39 is 0 Å². The van der Waals surface area contributed by atoms with E-state index in [-0.39, 0.29) is 6.10 Å². The summed E-state index contributed by atoms with van der Waals surface area (Å²) in [5.41, 5.74) is 0. The van der Waals surface area contributed by atoms with Crippen LogP contribution in [0.4, 0.5) is 0 Å². The van der Waals surface area contributed by atoms with Crippen LogP contribution in [0.1, 0.15) is 51.9 Å². The Morgan fingerprint density at radius 1 is 1.44 bits per heavy atom. The molecule has 2 atom stereocenters. The molecule has 1 aromatic rings. The SMILES string of the molecule is CCOC(C)c1noc(CNC(=NC)N2CCC(N(CC)CC)C2)n1. The van der Waals surface area contributed by atoms with E-state index in [0.717, 1.165) is 32.1 Å². The molecular weight excluding hydrogens is 320 g/mol. The van der Waals surface area contributed by atoms with Crippen LogP contribution in [0, 0.1) is 0 Å². The van der Waals surface area contributed by atoms with E-state index in [9.17, 15) is 0 Å². The van der Waals surface area contributed by atoms with Gasteiger partial charge in [0.1, 0.15) is 6.10 Å². The minimum absolute atomic E-state index is 0.157. The molecule has 142 valence electrons. The molecule has 0 aliphatic carbocycles. The van der Waals surface area contributed by atoms with Gasteiger partial charge in [-0.25, -0.2) is 0 Å². The van der Waals surface area contributed by atoms with Crippen molar-refractivity contribution in [1.29, 1.82) is 0 Å². The largest absolute Gasteiger partial charge is 0.371 e. The molecule has 0 amide bonds. The fourth-order valence-corrected chi connectivity index (χ4v) is 3.29. The highest BCUT2D eigenvalue weighted by Crippen LogP contribution is 2.16. The van der Waals surface area contributed by atoms with Crippen molar-refractivity contribution in [3.05, 3.63) is 11.7 Å². The normalized spacial score (nSPS) is 19.7.